The van der Waals surface area contributed by atoms with Gasteiger partial charge in [0.25, 0.3) is 5.56 Å². The van der Waals surface area contributed by atoms with Crippen LogP contribution in [0.25, 0.3) is 28.2 Å². The Bertz CT molecular complexity index is 1640. The summed E-state index contributed by atoms with van der Waals surface area (Å²) >= 11 is 0. The van der Waals surface area contributed by atoms with Gasteiger partial charge in [0, 0.05) is 43.1 Å². The third-order valence-corrected chi connectivity index (χ3v) is 6.25. The minimum Gasteiger partial charge on any atom is -0.378 e. The van der Waals surface area contributed by atoms with E-state index in [1.54, 1.807) is 29.3 Å². The highest BCUT2D eigenvalue weighted by Crippen LogP contribution is 2.23. The minimum absolute atomic E-state index is 0.229. The summed E-state index contributed by atoms with van der Waals surface area (Å²) in [7, 11) is 0. The molecule has 5 heterocycles. The first kappa shape index (κ1) is 23.5. The second-order valence-electron chi connectivity index (χ2n) is 8.66. The Hall–Kier alpha value is -4.90. The van der Waals surface area contributed by atoms with Crippen molar-refractivity contribution in [1.29, 1.82) is 0 Å². The van der Waals surface area contributed by atoms with Gasteiger partial charge in [0.2, 0.25) is 5.95 Å². The number of fused-ring (bicyclic) bond motifs is 1. The number of rotatable bonds is 7. The predicted octanol–water partition coefficient (Wildman–Crippen LogP) is 3.20. The Labute approximate surface area is 218 Å². The molecule has 1 saturated heterocycles. The van der Waals surface area contributed by atoms with E-state index < -0.39 is 0 Å². The molecule has 0 atom stereocenters. The zero-order chi connectivity index (χ0) is 25.9. The summed E-state index contributed by atoms with van der Waals surface area (Å²) in [6.45, 7) is 7.30. The molecule has 1 aromatic carbocycles. The lowest BCUT2D eigenvalue weighted by Crippen LogP contribution is -2.36. The van der Waals surface area contributed by atoms with Crippen LogP contribution >= 0.6 is 0 Å². The van der Waals surface area contributed by atoms with Crippen LogP contribution in [0.2, 0.25) is 0 Å². The van der Waals surface area contributed by atoms with Crippen LogP contribution in [0.4, 0.5) is 17.3 Å². The number of pyridine rings is 1. The molecule has 1 aliphatic heterocycles. The number of nitrogens with zero attached hydrogens (tertiary/aromatic N) is 8. The molecule has 1 N–H and O–H groups in total. The van der Waals surface area contributed by atoms with E-state index in [-0.39, 0.29) is 12.1 Å². The van der Waals surface area contributed by atoms with Crippen molar-refractivity contribution in [1.82, 2.24) is 34.3 Å². The average molecular weight is 508 g/mol. The van der Waals surface area contributed by atoms with Gasteiger partial charge in [-0.25, -0.2) is 19.3 Å². The molecule has 6 rings (SSSR count). The molecule has 5 aromatic rings. The summed E-state index contributed by atoms with van der Waals surface area (Å²) in [4.78, 5) is 37.9. The fourth-order valence-electron chi connectivity index (χ4n) is 4.43. The van der Waals surface area contributed by atoms with Gasteiger partial charge in [0.1, 0.15) is 11.1 Å². The Balaban J connectivity index is 1.38. The number of nitrogens with one attached hydrogen (secondary N) is 1. The predicted molar refractivity (Wildman–Crippen MR) is 145 cm³/mol. The molecule has 11 nitrogen and oxygen atoms in total. The number of hydrogen-bond acceptors (Lipinski definition) is 9. The van der Waals surface area contributed by atoms with E-state index in [1.807, 2.05) is 30.3 Å². The molecule has 0 saturated carbocycles. The van der Waals surface area contributed by atoms with Crippen molar-refractivity contribution in [3.05, 3.63) is 90.3 Å². The average Bonchev–Trinajstić information content (AvgIpc) is 3.25. The van der Waals surface area contributed by atoms with E-state index >= 15 is 0 Å². The fraction of sp³-hybridized carbons (Fsp3) is 0.185. The monoisotopic (exact) mass is 507 g/mol. The van der Waals surface area contributed by atoms with Crippen LogP contribution in [0, 0.1) is 0 Å². The summed E-state index contributed by atoms with van der Waals surface area (Å²) in [5.41, 5.74) is 3.43. The number of hydrogen-bond donors (Lipinski definition) is 1. The highest BCUT2D eigenvalue weighted by Gasteiger charge is 2.18. The van der Waals surface area contributed by atoms with Crippen LogP contribution in [0.5, 0.6) is 0 Å². The van der Waals surface area contributed by atoms with Crippen molar-refractivity contribution >= 4 is 28.4 Å². The highest BCUT2D eigenvalue weighted by molar-refractivity contribution is 5.77. The lowest BCUT2D eigenvalue weighted by Gasteiger charge is -2.28. The van der Waals surface area contributed by atoms with Gasteiger partial charge in [-0.15, -0.1) is 6.58 Å². The zero-order valence-corrected chi connectivity index (χ0v) is 20.6. The summed E-state index contributed by atoms with van der Waals surface area (Å²) in [5, 5.41) is 3.64. The Morgan fingerprint density at radius 2 is 1.82 bits per heavy atom. The van der Waals surface area contributed by atoms with Gasteiger partial charge in [0.15, 0.2) is 11.5 Å². The van der Waals surface area contributed by atoms with E-state index in [1.165, 1.54) is 10.9 Å². The van der Waals surface area contributed by atoms with Crippen LogP contribution in [0.3, 0.4) is 0 Å². The van der Waals surface area contributed by atoms with E-state index in [0.717, 1.165) is 37.7 Å². The summed E-state index contributed by atoms with van der Waals surface area (Å²) in [5.74, 6) is 0.882. The van der Waals surface area contributed by atoms with E-state index in [0.29, 0.717) is 34.2 Å². The first-order valence-electron chi connectivity index (χ1n) is 12.2. The molecule has 1 fully saturated rings. The standard InChI is InChI=1S/C27H25N9O2/c1-2-12-35-26(37)21-17-30-27(31-19-6-8-20(9-7-19)34-13-15-38-16-14-34)33-25(21)36(35)24-5-3-4-22(32-24)23-18-28-10-11-29-23/h2-11,17-18H,1,12-16H2,(H,30,31,33). The molecule has 38 heavy (non-hydrogen) atoms. The summed E-state index contributed by atoms with van der Waals surface area (Å²) in [6.07, 6.45) is 8.06. The minimum atomic E-state index is -0.229. The fourth-order valence-corrected chi connectivity index (χ4v) is 4.43. The van der Waals surface area contributed by atoms with Crippen molar-refractivity contribution in [3.8, 4) is 17.2 Å². The maximum atomic E-state index is 13.3. The number of morpholine rings is 1. The van der Waals surface area contributed by atoms with Crippen molar-refractivity contribution < 1.29 is 4.74 Å². The van der Waals surface area contributed by atoms with Crippen molar-refractivity contribution in [2.75, 3.05) is 36.5 Å². The van der Waals surface area contributed by atoms with Crippen LogP contribution in [-0.4, -0.2) is 60.6 Å². The Kier molecular flexibility index (Phi) is 6.32. The Morgan fingerprint density at radius 3 is 2.58 bits per heavy atom. The van der Waals surface area contributed by atoms with Gasteiger partial charge in [-0.05, 0) is 36.4 Å². The van der Waals surface area contributed by atoms with Crippen molar-refractivity contribution in [2.24, 2.45) is 0 Å². The maximum absolute atomic E-state index is 13.3. The highest BCUT2D eigenvalue weighted by atomic mass is 16.5. The number of anilines is 3. The molecule has 1 aliphatic rings. The van der Waals surface area contributed by atoms with E-state index in [4.69, 9.17) is 14.7 Å². The van der Waals surface area contributed by atoms with Gasteiger partial charge in [-0.3, -0.25) is 14.8 Å². The molecule has 0 spiro atoms. The number of aromatic nitrogens is 7. The van der Waals surface area contributed by atoms with Gasteiger partial charge < -0.3 is 15.0 Å². The SMILES string of the molecule is C=CCn1c(=O)c2cnc(Nc3ccc(N4CCOCC4)cc3)nc2n1-c1cccc(-c2cnccn2)n1. The van der Waals surface area contributed by atoms with Gasteiger partial charge >= 0.3 is 0 Å². The van der Waals surface area contributed by atoms with Crippen LogP contribution in [0.15, 0.2) is 84.7 Å². The van der Waals surface area contributed by atoms with Crippen LogP contribution in [-0.2, 0) is 11.3 Å². The molecule has 0 aliphatic carbocycles. The molecule has 190 valence electrons. The first-order valence-corrected chi connectivity index (χ1v) is 12.2. The normalized spacial score (nSPS) is 13.5. The first-order chi connectivity index (χ1) is 18.7. The smallest absolute Gasteiger partial charge is 0.278 e. The molecule has 0 radical (unpaired) electrons. The van der Waals surface area contributed by atoms with Gasteiger partial charge in [-0.1, -0.05) is 12.1 Å². The van der Waals surface area contributed by atoms with Crippen molar-refractivity contribution in [3.63, 3.8) is 0 Å². The summed E-state index contributed by atoms with van der Waals surface area (Å²) < 4.78 is 8.67. The van der Waals surface area contributed by atoms with E-state index in [9.17, 15) is 4.79 Å². The zero-order valence-electron chi connectivity index (χ0n) is 20.6. The Morgan fingerprint density at radius 1 is 0.974 bits per heavy atom. The third kappa shape index (κ3) is 4.50. The van der Waals surface area contributed by atoms with Crippen molar-refractivity contribution in [2.45, 2.75) is 6.54 Å². The molecular formula is C27H25N9O2. The molecule has 0 unspecified atom stereocenters. The number of benzene rings is 1. The topological polar surface area (TPSA) is 116 Å². The quantitative estimate of drug-likeness (QED) is 0.332. The van der Waals surface area contributed by atoms with Crippen LogP contribution < -0.4 is 15.8 Å². The second-order valence-corrected chi connectivity index (χ2v) is 8.66. The maximum Gasteiger partial charge on any atom is 0.278 e. The number of ether oxygens (including phenoxy) is 1. The lowest BCUT2D eigenvalue weighted by atomic mass is 10.2. The molecular weight excluding hydrogens is 482 g/mol. The molecule has 0 amide bonds. The molecule has 11 heteroatoms. The number of allylic oxidation sites excluding steroid dienone is 1. The van der Waals surface area contributed by atoms with Crippen LogP contribution in [0.1, 0.15) is 0 Å². The largest absolute Gasteiger partial charge is 0.378 e. The lowest BCUT2D eigenvalue weighted by molar-refractivity contribution is 0.122. The van der Waals surface area contributed by atoms with Gasteiger partial charge in [-0.2, -0.15) is 4.98 Å². The summed E-state index contributed by atoms with van der Waals surface area (Å²) in [6, 6.07) is 13.6. The van der Waals surface area contributed by atoms with Gasteiger partial charge in [0.05, 0.1) is 31.6 Å². The molecule has 4 aromatic heterocycles. The van der Waals surface area contributed by atoms with E-state index in [2.05, 4.69) is 43.9 Å². The second kappa shape index (κ2) is 10.2. The third-order valence-electron chi connectivity index (χ3n) is 6.25. The molecule has 0 bridgehead atoms.